The quantitative estimate of drug-likeness (QED) is 0.860. The first kappa shape index (κ1) is 11.7. The van der Waals surface area contributed by atoms with E-state index < -0.39 is 5.60 Å². The molecule has 5 heteroatoms. The number of furan rings is 1. The standard InChI is InChI=1S/C11H14BrNO3/c1-11(15)3-5-13(6-4-11)10(14)8-2-7-16-9(8)12/h2,7,15H,3-6H2,1H3. The molecule has 1 aliphatic heterocycles. The molecule has 2 heterocycles. The molecule has 1 aliphatic rings. The van der Waals surface area contributed by atoms with Crippen LogP contribution in [0.25, 0.3) is 0 Å². The molecule has 1 fully saturated rings. The fraction of sp³-hybridized carbons (Fsp3) is 0.545. The molecule has 1 aromatic heterocycles. The Bertz CT molecular complexity index is 390. The minimum atomic E-state index is -0.635. The molecule has 0 bridgehead atoms. The first-order valence-electron chi connectivity index (χ1n) is 5.24. The Labute approximate surface area is 102 Å². The minimum Gasteiger partial charge on any atom is -0.457 e. The van der Waals surface area contributed by atoms with E-state index in [0.717, 1.165) is 0 Å². The highest BCUT2D eigenvalue weighted by Crippen LogP contribution is 2.25. The Morgan fingerprint density at radius 2 is 2.19 bits per heavy atom. The molecule has 1 amide bonds. The summed E-state index contributed by atoms with van der Waals surface area (Å²) in [7, 11) is 0. The normalized spacial score (nSPS) is 19.8. The van der Waals surface area contributed by atoms with Gasteiger partial charge in [-0.15, -0.1) is 0 Å². The lowest BCUT2D eigenvalue weighted by atomic mass is 9.93. The van der Waals surface area contributed by atoms with Crippen molar-refractivity contribution in [2.24, 2.45) is 0 Å². The zero-order valence-corrected chi connectivity index (χ0v) is 10.7. The Hall–Kier alpha value is -0.810. The zero-order valence-electron chi connectivity index (χ0n) is 9.07. The summed E-state index contributed by atoms with van der Waals surface area (Å²) in [6.45, 7) is 2.98. The number of halogens is 1. The number of nitrogens with zero attached hydrogens (tertiary/aromatic N) is 1. The highest BCUT2D eigenvalue weighted by Gasteiger charge is 2.30. The zero-order chi connectivity index (χ0) is 11.8. The Morgan fingerprint density at radius 3 is 2.69 bits per heavy atom. The number of carbonyl (C=O) groups excluding carboxylic acids is 1. The number of hydrogen-bond donors (Lipinski definition) is 1. The van der Waals surface area contributed by atoms with E-state index in [1.165, 1.54) is 6.26 Å². The van der Waals surface area contributed by atoms with Crippen LogP contribution in [-0.2, 0) is 0 Å². The first-order valence-corrected chi connectivity index (χ1v) is 6.03. The van der Waals surface area contributed by atoms with Gasteiger partial charge in [-0.3, -0.25) is 4.79 Å². The molecule has 0 radical (unpaired) electrons. The summed E-state index contributed by atoms with van der Waals surface area (Å²) in [5.41, 5.74) is -0.0914. The molecule has 2 rings (SSSR count). The predicted octanol–water partition coefficient (Wildman–Crippen LogP) is 2.03. The topological polar surface area (TPSA) is 53.7 Å². The lowest BCUT2D eigenvalue weighted by molar-refractivity contribution is -0.00207. The van der Waals surface area contributed by atoms with Gasteiger partial charge in [-0.05, 0) is 41.8 Å². The fourth-order valence-electron chi connectivity index (χ4n) is 1.81. The van der Waals surface area contributed by atoms with Crippen LogP contribution < -0.4 is 0 Å². The van der Waals surface area contributed by atoms with Gasteiger partial charge in [-0.25, -0.2) is 0 Å². The second-order valence-electron chi connectivity index (χ2n) is 4.40. The van der Waals surface area contributed by atoms with Gasteiger partial charge in [-0.2, -0.15) is 0 Å². The maximum Gasteiger partial charge on any atom is 0.258 e. The SMILES string of the molecule is CC1(O)CCN(C(=O)c2ccoc2Br)CC1. The first-order chi connectivity index (χ1) is 7.49. The molecule has 16 heavy (non-hydrogen) atoms. The molecule has 1 aromatic rings. The third kappa shape index (κ3) is 2.30. The number of aliphatic hydroxyl groups is 1. The molecule has 4 nitrogen and oxygen atoms in total. The molecular formula is C11H14BrNO3. The van der Waals surface area contributed by atoms with Crippen molar-refractivity contribution >= 4 is 21.8 Å². The van der Waals surface area contributed by atoms with Crippen LogP contribution in [0.2, 0.25) is 0 Å². The Kier molecular flexibility index (Phi) is 3.08. The van der Waals surface area contributed by atoms with E-state index in [2.05, 4.69) is 15.9 Å². The van der Waals surface area contributed by atoms with E-state index in [-0.39, 0.29) is 5.91 Å². The van der Waals surface area contributed by atoms with Crippen molar-refractivity contribution in [3.8, 4) is 0 Å². The third-order valence-electron chi connectivity index (χ3n) is 2.98. The lowest BCUT2D eigenvalue weighted by Crippen LogP contribution is -2.45. The average Bonchev–Trinajstić information content (AvgIpc) is 2.63. The number of hydrogen-bond acceptors (Lipinski definition) is 3. The summed E-state index contributed by atoms with van der Waals surface area (Å²) in [5, 5.41) is 9.79. The van der Waals surface area contributed by atoms with E-state index in [1.807, 2.05) is 6.92 Å². The highest BCUT2D eigenvalue weighted by atomic mass is 79.9. The summed E-state index contributed by atoms with van der Waals surface area (Å²) in [5.74, 6) is -0.0453. The predicted molar refractivity (Wildman–Crippen MR) is 62.2 cm³/mol. The largest absolute Gasteiger partial charge is 0.457 e. The fourth-order valence-corrected chi connectivity index (χ4v) is 2.22. The number of rotatable bonds is 1. The van der Waals surface area contributed by atoms with Crippen LogP contribution in [0, 0.1) is 0 Å². The molecule has 0 atom stereocenters. The van der Waals surface area contributed by atoms with Gasteiger partial charge in [0, 0.05) is 13.1 Å². The third-order valence-corrected chi connectivity index (χ3v) is 3.59. The van der Waals surface area contributed by atoms with Crippen molar-refractivity contribution < 1.29 is 14.3 Å². The summed E-state index contributed by atoms with van der Waals surface area (Å²) in [4.78, 5) is 13.8. The van der Waals surface area contributed by atoms with Gasteiger partial charge in [0.25, 0.3) is 5.91 Å². The van der Waals surface area contributed by atoms with Gasteiger partial charge in [0.05, 0.1) is 17.4 Å². The van der Waals surface area contributed by atoms with Crippen molar-refractivity contribution in [3.63, 3.8) is 0 Å². The van der Waals surface area contributed by atoms with Gasteiger partial charge < -0.3 is 14.4 Å². The molecule has 0 aliphatic carbocycles. The van der Waals surface area contributed by atoms with Gasteiger partial charge in [-0.1, -0.05) is 0 Å². The van der Waals surface area contributed by atoms with E-state index >= 15 is 0 Å². The number of carbonyl (C=O) groups is 1. The van der Waals surface area contributed by atoms with Crippen molar-refractivity contribution in [2.75, 3.05) is 13.1 Å². The summed E-state index contributed by atoms with van der Waals surface area (Å²) >= 11 is 3.19. The molecule has 0 saturated carbocycles. The lowest BCUT2D eigenvalue weighted by Gasteiger charge is -2.35. The monoisotopic (exact) mass is 287 g/mol. The van der Waals surface area contributed by atoms with Crippen LogP contribution in [0.15, 0.2) is 21.4 Å². The molecule has 88 valence electrons. The van der Waals surface area contributed by atoms with Gasteiger partial charge in [0.2, 0.25) is 0 Å². The van der Waals surface area contributed by atoms with Crippen molar-refractivity contribution in [1.29, 1.82) is 0 Å². The Morgan fingerprint density at radius 1 is 1.56 bits per heavy atom. The molecule has 0 spiro atoms. The molecular weight excluding hydrogens is 274 g/mol. The minimum absolute atomic E-state index is 0.0453. The van der Waals surface area contributed by atoms with E-state index in [1.54, 1.807) is 11.0 Å². The maximum atomic E-state index is 12.0. The maximum absolute atomic E-state index is 12.0. The summed E-state index contributed by atoms with van der Waals surface area (Å²) in [6.07, 6.45) is 2.72. The van der Waals surface area contributed by atoms with Gasteiger partial charge in [0.1, 0.15) is 0 Å². The smallest absolute Gasteiger partial charge is 0.258 e. The van der Waals surface area contributed by atoms with Crippen molar-refractivity contribution in [1.82, 2.24) is 4.90 Å². The average molecular weight is 288 g/mol. The number of likely N-dealkylation sites (tertiary alicyclic amines) is 1. The second-order valence-corrected chi connectivity index (χ2v) is 5.12. The Balaban J connectivity index is 2.05. The highest BCUT2D eigenvalue weighted by molar-refractivity contribution is 9.10. The van der Waals surface area contributed by atoms with Crippen LogP contribution in [0.4, 0.5) is 0 Å². The van der Waals surface area contributed by atoms with E-state index in [9.17, 15) is 9.90 Å². The summed E-state index contributed by atoms with van der Waals surface area (Å²) < 4.78 is 5.50. The van der Waals surface area contributed by atoms with Crippen LogP contribution in [0.5, 0.6) is 0 Å². The van der Waals surface area contributed by atoms with Crippen molar-refractivity contribution in [3.05, 3.63) is 22.6 Å². The van der Waals surface area contributed by atoms with Crippen LogP contribution in [0.1, 0.15) is 30.1 Å². The molecule has 1 saturated heterocycles. The second kappa shape index (κ2) is 4.22. The number of piperidine rings is 1. The van der Waals surface area contributed by atoms with Crippen LogP contribution in [0.3, 0.4) is 0 Å². The number of amides is 1. The van der Waals surface area contributed by atoms with Crippen LogP contribution in [-0.4, -0.2) is 34.6 Å². The molecule has 0 aromatic carbocycles. The molecule has 1 N–H and O–H groups in total. The summed E-state index contributed by atoms with van der Waals surface area (Å²) in [6, 6.07) is 1.65. The van der Waals surface area contributed by atoms with Crippen molar-refractivity contribution in [2.45, 2.75) is 25.4 Å². The van der Waals surface area contributed by atoms with E-state index in [4.69, 9.17) is 4.42 Å². The molecule has 0 unspecified atom stereocenters. The van der Waals surface area contributed by atoms with E-state index in [0.29, 0.717) is 36.2 Å². The van der Waals surface area contributed by atoms with Gasteiger partial charge >= 0.3 is 0 Å². The van der Waals surface area contributed by atoms with Crippen LogP contribution >= 0.6 is 15.9 Å². The van der Waals surface area contributed by atoms with Gasteiger partial charge in [0.15, 0.2) is 4.67 Å².